The van der Waals surface area contributed by atoms with Crippen molar-refractivity contribution in [2.45, 2.75) is 6.54 Å². The van der Waals surface area contributed by atoms with E-state index in [1.807, 2.05) is 12.1 Å². The van der Waals surface area contributed by atoms with Crippen molar-refractivity contribution in [1.82, 2.24) is 0 Å². The maximum Gasteiger partial charge on any atom is 0.137 e. The second-order valence-electron chi connectivity index (χ2n) is 3.90. The quantitative estimate of drug-likeness (QED) is 0.823. The van der Waals surface area contributed by atoms with Gasteiger partial charge in [0.25, 0.3) is 0 Å². The largest absolute Gasteiger partial charge is 0.380 e. The van der Waals surface area contributed by atoms with Crippen molar-refractivity contribution in [3.05, 3.63) is 62.3 Å². The summed E-state index contributed by atoms with van der Waals surface area (Å²) in [4.78, 5) is 0. The van der Waals surface area contributed by atoms with E-state index >= 15 is 0 Å². The number of benzene rings is 2. The molecule has 0 atom stereocenters. The Balaban J connectivity index is 2.16. The fraction of sp³-hybridized carbons (Fsp3) is 0.0714. The number of anilines is 1. The van der Waals surface area contributed by atoms with E-state index in [1.165, 1.54) is 6.07 Å². The Morgan fingerprint density at radius 2 is 1.95 bits per heavy atom. The lowest BCUT2D eigenvalue weighted by molar-refractivity contribution is 0.620. The third-order valence-electron chi connectivity index (χ3n) is 2.57. The minimum Gasteiger partial charge on any atom is -0.380 e. The zero-order valence-corrected chi connectivity index (χ0v) is 12.9. The van der Waals surface area contributed by atoms with Crippen molar-refractivity contribution in [3.63, 3.8) is 0 Å². The molecule has 0 saturated carbocycles. The summed E-state index contributed by atoms with van der Waals surface area (Å²) in [5.74, 6) is -0.288. The van der Waals surface area contributed by atoms with Crippen LogP contribution in [0.1, 0.15) is 11.1 Å². The Kier molecular flexibility index (Phi) is 4.56. The molecule has 0 spiro atoms. The number of nitrogens with zero attached hydrogens (tertiary/aromatic N) is 1. The first-order chi connectivity index (χ1) is 9.10. The maximum absolute atomic E-state index is 13.1. The van der Waals surface area contributed by atoms with Gasteiger partial charge in [-0.2, -0.15) is 5.26 Å². The molecule has 0 aliphatic rings. The monoisotopic (exact) mass is 382 g/mol. The van der Waals surface area contributed by atoms with Crippen LogP contribution in [0.5, 0.6) is 0 Å². The van der Waals surface area contributed by atoms with Crippen LogP contribution >= 0.6 is 31.9 Å². The van der Waals surface area contributed by atoms with E-state index in [9.17, 15) is 4.39 Å². The second-order valence-corrected chi connectivity index (χ2v) is 5.67. The number of nitrogens with one attached hydrogen (secondary N) is 1. The van der Waals surface area contributed by atoms with Gasteiger partial charge in [0.05, 0.1) is 15.7 Å². The van der Waals surface area contributed by atoms with Crippen LogP contribution in [0, 0.1) is 17.1 Å². The van der Waals surface area contributed by atoms with E-state index in [0.717, 1.165) is 15.7 Å². The van der Waals surface area contributed by atoms with Crippen LogP contribution in [-0.2, 0) is 6.54 Å². The highest BCUT2D eigenvalue weighted by Gasteiger charge is 2.04. The Hall–Kier alpha value is -1.38. The summed E-state index contributed by atoms with van der Waals surface area (Å²) in [6.07, 6.45) is 0. The third-order valence-corrected chi connectivity index (χ3v) is 3.67. The smallest absolute Gasteiger partial charge is 0.137 e. The number of halogens is 3. The topological polar surface area (TPSA) is 35.8 Å². The van der Waals surface area contributed by atoms with Crippen LogP contribution in [0.4, 0.5) is 10.1 Å². The Morgan fingerprint density at radius 3 is 2.63 bits per heavy atom. The summed E-state index contributed by atoms with van der Waals surface area (Å²) in [6, 6.07) is 12.4. The highest BCUT2D eigenvalue weighted by Crippen LogP contribution is 2.22. The predicted molar refractivity (Wildman–Crippen MR) is 80.3 cm³/mol. The summed E-state index contributed by atoms with van der Waals surface area (Å²) in [5, 5.41) is 12.2. The summed E-state index contributed by atoms with van der Waals surface area (Å²) >= 11 is 6.52. The fourth-order valence-electron chi connectivity index (χ4n) is 1.61. The van der Waals surface area contributed by atoms with Gasteiger partial charge in [0.1, 0.15) is 11.9 Å². The SMILES string of the molecule is N#Cc1ccc(Br)cc1NCc1ccc(F)c(Br)c1. The Labute approximate surface area is 127 Å². The van der Waals surface area contributed by atoms with Crippen molar-refractivity contribution in [2.75, 3.05) is 5.32 Å². The molecule has 0 radical (unpaired) electrons. The standard InChI is InChI=1S/C14H9Br2FN2/c15-11-3-2-10(7-18)14(6-11)19-8-9-1-4-13(17)12(16)5-9/h1-6,19H,8H2. The van der Waals surface area contributed by atoms with E-state index < -0.39 is 0 Å². The molecule has 0 aliphatic heterocycles. The van der Waals surface area contributed by atoms with E-state index in [2.05, 4.69) is 43.2 Å². The van der Waals surface area contributed by atoms with E-state index in [0.29, 0.717) is 16.6 Å². The molecular formula is C14H9Br2FN2. The molecule has 2 aromatic carbocycles. The summed E-state index contributed by atoms with van der Waals surface area (Å²) < 4.78 is 14.4. The molecule has 2 rings (SSSR count). The number of hydrogen-bond donors (Lipinski definition) is 1. The van der Waals surface area contributed by atoms with E-state index in [4.69, 9.17) is 5.26 Å². The lowest BCUT2D eigenvalue weighted by atomic mass is 10.1. The van der Waals surface area contributed by atoms with Crippen molar-refractivity contribution in [2.24, 2.45) is 0 Å². The van der Waals surface area contributed by atoms with Crippen LogP contribution in [-0.4, -0.2) is 0 Å². The van der Waals surface area contributed by atoms with Gasteiger partial charge >= 0.3 is 0 Å². The predicted octanol–water partition coefficient (Wildman–Crippen LogP) is 4.83. The first kappa shape index (κ1) is 14.0. The summed E-state index contributed by atoms with van der Waals surface area (Å²) in [7, 11) is 0. The van der Waals surface area contributed by atoms with Gasteiger partial charge in [-0.15, -0.1) is 0 Å². The van der Waals surface area contributed by atoms with Crippen LogP contribution < -0.4 is 5.32 Å². The van der Waals surface area contributed by atoms with Crippen LogP contribution in [0.25, 0.3) is 0 Å². The van der Waals surface area contributed by atoms with Crippen LogP contribution in [0.15, 0.2) is 45.3 Å². The Bertz CT molecular complexity index is 650. The van der Waals surface area contributed by atoms with E-state index in [1.54, 1.807) is 18.2 Å². The molecule has 0 unspecified atom stereocenters. The molecule has 2 aromatic rings. The molecule has 2 nitrogen and oxygen atoms in total. The average molecular weight is 384 g/mol. The normalized spacial score (nSPS) is 10.0. The van der Waals surface area contributed by atoms with Gasteiger partial charge in [-0.1, -0.05) is 22.0 Å². The van der Waals surface area contributed by atoms with Crippen molar-refractivity contribution in [3.8, 4) is 6.07 Å². The number of hydrogen-bond acceptors (Lipinski definition) is 2. The molecule has 0 amide bonds. The van der Waals surface area contributed by atoms with Crippen LogP contribution in [0.2, 0.25) is 0 Å². The average Bonchev–Trinajstić information content (AvgIpc) is 2.40. The minimum atomic E-state index is -0.288. The Morgan fingerprint density at radius 1 is 1.16 bits per heavy atom. The molecule has 0 aromatic heterocycles. The molecule has 0 heterocycles. The first-order valence-electron chi connectivity index (χ1n) is 5.47. The number of nitriles is 1. The zero-order chi connectivity index (χ0) is 13.8. The van der Waals surface area contributed by atoms with Crippen molar-refractivity contribution < 1.29 is 4.39 Å². The van der Waals surface area contributed by atoms with Crippen molar-refractivity contribution >= 4 is 37.5 Å². The van der Waals surface area contributed by atoms with Crippen LogP contribution in [0.3, 0.4) is 0 Å². The summed E-state index contributed by atoms with van der Waals surface area (Å²) in [5.41, 5.74) is 2.25. The first-order valence-corrected chi connectivity index (χ1v) is 7.06. The molecule has 5 heteroatoms. The highest BCUT2D eigenvalue weighted by molar-refractivity contribution is 9.10. The molecular weight excluding hydrogens is 375 g/mol. The van der Waals surface area contributed by atoms with Gasteiger partial charge in [-0.3, -0.25) is 0 Å². The van der Waals surface area contributed by atoms with Gasteiger partial charge in [0, 0.05) is 11.0 Å². The zero-order valence-electron chi connectivity index (χ0n) is 9.75. The summed E-state index contributed by atoms with van der Waals surface area (Å²) in [6.45, 7) is 0.518. The molecule has 1 N–H and O–H groups in total. The maximum atomic E-state index is 13.1. The van der Waals surface area contributed by atoms with Gasteiger partial charge in [-0.05, 0) is 51.8 Å². The lowest BCUT2D eigenvalue weighted by Gasteiger charge is -2.09. The second kappa shape index (κ2) is 6.18. The number of rotatable bonds is 3. The highest BCUT2D eigenvalue weighted by atomic mass is 79.9. The van der Waals surface area contributed by atoms with Gasteiger partial charge in [0.2, 0.25) is 0 Å². The molecule has 0 aliphatic carbocycles. The van der Waals surface area contributed by atoms with Gasteiger partial charge < -0.3 is 5.32 Å². The van der Waals surface area contributed by atoms with Crippen molar-refractivity contribution in [1.29, 1.82) is 5.26 Å². The minimum absolute atomic E-state index is 0.288. The molecule has 0 fully saturated rings. The molecule has 19 heavy (non-hydrogen) atoms. The molecule has 96 valence electrons. The van der Waals surface area contributed by atoms with E-state index in [-0.39, 0.29) is 5.82 Å². The van der Waals surface area contributed by atoms with Gasteiger partial charge in [0.15, 0.2) is 0 Å². The lowest BCUT2D eigenvalue weighted by Crippen LogP contribution is -2.01. The van der Waals surface area contributed by atoms with Gasteiger partial charge in [-0.25, -0.2) is 4.39 Å². The molecule has 0 saturated heterocycles. The third kappa shape index (κ3) is 3.55. The molecule has 0 bridgehead atoms. The fourth-order valence-corrected chi connectivity index (χ4v) is 2.39.